The summed E-state index contributed by atoms with van der Waals surface area (Å²) in [6.07, 6.45) is 3.13. The van der Waals surface area contributed by atoms with Gasteiger partial charge in [0.1, 0.15) is 11.7 Å². The Morgan fingerprint density at radius 1 is 1.41 bits per heavy atom. The molecule has 2 rings (SSSR count). The molecule has 22 heavy (non-hydrogen) atoms. The van der Waals surface area contributed by atoms with E-state index >= 15 is 0 Å². The summed E-state index contributed by atoms with van der Waals surface area (Å²) in [5.74, 6) is 0.568. The van der Waals surface area contributed by atoms with E-state index in [1.54, 1.807) is 11.1 Å². The fraction of sp³-hybridized carbons (Fsp3) is 0.625. The van der Waals surface area contributed by atoms with Crippen molar-refractivity contribution in [1.29, 1.82) is 0 Å². The van der Waals surface area contributed by atoms with Gasteiger partial charge in [0.05, 0.1) is 6.54 Å². The lowest BCUT2D eigenvalue weighted by molar-refractivity contribution is -0.00598. The van der Waals surface area contributed by atoms with Crippen LogP contribution in [0.2, 0.25) is 0 Å². The molecule has 2 heterocycles. The van der Waals surface area contributed by atoms with Gasteiger partial charge in [-0.15, -0.1) is 0 Å². The molecule has 2 atom stereocenters. The summed E-state index contributed by atoms with van der Waals surface area (Å²) in [6, 6.07) is 3.84. The topological polar surface area (TPSA) is 51.7 Å². The first kappa shape index (κ1) is 17.1. The highest BCUT2D eigenvalue weighted by Gasteiger charge is 2.33. The van der Waals surface area contributed by atoms with E-state index in [1.165, 1.54) is 0 Å². The Morgan fingerprint density at radius 3 is 2.77 bits per heavy atom. The molecule has 1 aromatic rings. The quantitative estimate of drug-likeness (QED) is 0.788. The van der Waals surface area contributed by atoms with Crippen LogP contribution in [0.3, 0.4) is 0 Å². The van der Waals surface area contributed by atoms with Crippen molar-refractivity contribution >= 4 is 22.0 Å². The number of hydrogen-bond donors (Lipinski definition) is 0. The third-order valence-corrected chi connectivity index (χ3v) is 3.94. The largest absolute Gasteiger partial charge is 0.472 e. The fourth-order valence-electron chi connectivity index (χ4n) is 2.37. The van der Waals surface area contributed by atoms with Crippen molar-refractivity contribution < 1.29 is 14.3 Å². The molecule has 1 aromatic heterocycles. The molecule has 6 heteroatoms. The Bertz CT molecular complexity index is 530. The van der Waals surface area contributed by atoms with E-state index in [0.717, 1.165) is 17.3 Å². The summed E-state index contributed by atoms with van der Waals surface area (Å²) in [5.41, 5.74) is -0.490. The van der Waals surface area contributed by atoms with Crippen LogP contribution in [-0.2, 0) is 4.74 Å². The molecular formula is C16H23BrN2O3. The predicted octanol–water partition coefficient (Wildman–Crippen LogP) is 4.01. The van der Waals surface area contributed by atoms with Crippen LogP contribution < -0.4 is 4.74 Å². The van der Waals surface area contributed by atoms with Gasteiger partial charge in [-0.05, 0) is 46.6 Å². The van der Waals surface area contributed by atoms with E-state index in [0.29, 0.717) is 12.4 Å². The van der Waals surface area contributed by atoms with Gasteiger partial charge in [-0.1, -0.05) is 15.9 Å². The second kappa shape index (κ2) is 6.86. The smallest absolute Gasteiger partial charge is 0.410 e. The van der Waals surface area contributed by atoms with Crippen LogP contribution in [0.5, 0.6) is 5.88 Å². The third kappa shape index (κ3) is 4.87. The number of carbonyl (C=O) groups is 1. The zero-order chi connectivity index (χ0) is 16.3. The Labute approximate surface area is 140 Å². The van der Waals surface area contributed by atoms with Crippen molar-refractivity contribution in [1.82, 2.24) is 9.88 Å². The van der Waals surface area contributed by atoms with Crippen molar-refractivity contribution in [2.24, 2.45) is 0 Å². The molecule has 0 saturated carbocycles. The first-order valence-electron chi connectivity index (χ1n) is 7.52. The molecule has 5 nitrogen and oxygen atoms in total. The van der Waals surface area contributed by atoms with E-state index in [4.69, 9.17) is 9.47 Å². The van der Waals surface area contributed by atoms with Gasteiger partial charge in [-0.3, -0.25) is 0 Å². The minimum Gasteiger partial charge on any atom is -0.472 e. The van der Waals surface area contributed by atoms with E-state index in [2.05, 4.69) is 20.9 Å². The van der Waals surface area contributed by atoms with Gasteiger partial charge in [-0.2, -0.15) is 0 Å². The standard InChI is InChI=1S/C16H23BrN2O3/c1-11-5-6-13(21-14-9-12(17)7-8-18-14)10-19(11)15(20)22-16(2,3)4/h7-9,11,13H,5-6,10H2,1-4H3. The number of amides is 1. The number of piperidine rings is 1. The molecule has 1 fully saturated rings. The molecule has 1 aliphatic rings. The first-order chi connectivity index (χ1) is 10.2. The summed E-state index contributed by atoms with van der Waals surface area (Å²) in [4.78, 5) is 18.2. The van der Waals surface area contributed by atoms with Crippen LogP contribution in [0.25, 0.3) is 0 Å². The minimum atomic E-state index is -0.490. The highest BCUT2D eigenvalue weighted by atomic mass is 79.9. The maximum Gasteiger partial charge on any atom is 0.410 e. The van der Waals surface area contributed by atoms with Crippen molar-refractivity contribution in [2.75, 3.05) is 6.54 Å². The van der Waals surface area contributed by atoms with E-state index < -0.39 is 5.60 Å². The Balaban J connectivity index is 2.00. The summed E-state index contributed by atoms with van der Waals surface area (Å²) < 4.78 is 12.3. The normalized spacial score (nSPS) is 22.3. The number of hydrogen-bond acceptors (Lipinski definition) is 4. The number of nitrogens with zero attached hydrogens (tertiary/aromatic N) is 2. The van der Waals surface area contributed by atoms with E-state index in [1.807, 2.05) is 39.8 Å². The maximum absolute atomic E-state index is 12.3. The van der Waals surface area contributed by atoms with Gasteiger partial charge >= 0.3 is 6.09 Å². The van der Waals surface area contributed by atoms with E-state index in [-0.39, 0.29) is 18.2 Å². The number of halogens is 1. The van der Waals surface area contributed by atoms with Crippen LogP contribution >= 0.6 is 15.9 Å². The lowest BCUT2D eigenvalue weighted by Crippen LogP contribution is -2.50. The van der Waals surface area contributed by atoms with Crippen molar-refractivity contribution in [2.45, 2.75) is 58.3 Å². The molecular weight excluding hydrogens is 348 g/mol. The van der Waals surface area contributed by atoms with E-state index in [9.17, 15) is 4.79 Å². The number of likely N-dealkylation sites (tertiary alicyclic amines) is 1. The molecule has 1 saturated heterocycles. The number of carbonyl (C=O) groups excluding carboxylic acids is 1. The molecule has 1 amide bonds. The molecule has 0 spiro atoms. The van der Waals surface area contributed by atoms with Gasteiger partial charge in [-0.25, -0.2) is 9.78 Å². The number of aromatic nitrogens is 1. The van der Waals surface area contributed by atoms with Crippen molar-refractivity contribution in [3.8, 4) is 5.88 Å². The van der Waals surface area contributed by atoms with Crippen LogP contribution in [0.4, 0.5) is 4.79 Å². The molecule has 0 radical (unpaired) electrons. The van der Waals surface area contributed by atoms with Gasteiger partial charge in [0, 0.05) is 22.8 Å². The molecule has 0 bridgehead atoms. The first-order valence-corrected chi connectivity index (χ1v) is 8.32. The highest BCUT2D eigenvalue weighted by molar-refractivity contribution is 9.10. The van der Waals surface area contributed by atoms with Gasteiger partial charge in [0.15, 0.2) is 0 Å². The Kier molecular flexibility index (Phi) is 5.32. The maximum atomic E-state index is 12.3. The predicted molar refractivity (Wildman–Crippen MR) is 88.0 cm³/mol. The molecule has 0 N–H and O–H groups in total. The van der Waals surface area contributed by atoms with Crippen LogP contribution in [0, 0.1) is 0 Å². The summed E-state index contributed by atoms with van der Waals surface area (Å²) >= 11 is 3.40. The van der Waals surface area contributed by atoms with Crippen molar-refractivity contribution in [3.05, 3.63) is 22.8 Å². The number of pyridine rings is 1. The summed E-state index contributed by atoms with van der Waals surface area (Å²) in [7, 11) is 0. The number of ether oxygens (including phenoxy) is 2. The zero-order valence-electron chi connectivity index (χ0n) is 13.5. The monoisotopic (exact) mass is 370 g/mol. The molecule has 2 unspecified atom stereocenters. The molecule has 0 aromatic carbocycles. The highest BCUT2D eigenvalue weighted by Crippen LogP contribution is 2.24. The molecule has 122 valence electrons. The van der Waals surface area contributed by atoms with Crippen LogP contribution in [0.1, 0.15) is 40.5 Å². The SMILES string of the molecule is CC1CCC(Oc2cc(Br)ccn2)CN1C(=O)OC(C)(C)C. The van der Waals surface area contributed by atoms with Crippen molar-refractivity contribution in [3.63, 3.8) is 0 Å². The summed E-state index contributed by atoms with van der Waals surface area (Å²) in [5, 5.41) is 0. The van der Waals surface area contributed by atoms with Gasteiger partial charge < -0.3 is 14.4 Å². The van der Waals surface area contributed by atoms with Gasteiger partial charge in [0.2, 0.25) is 5.88 Å². The average molecular weight is 371 g/mol. The fourth-order valence-corrected chi connectivity index (χ4v) is 2.68. The second-order valence-corrected chi connectivity index (χ2v) is 7.53. The van der Waals surface area contributed by atoms with Gasteiger partial charge in [0.25, 0.3) is 0 Å². The van der Waals surface area contributed by atoms with Crippen LogP contribution in [-0.4, -0.2) is 40.3 Å². The third-order valence-electron chi connectivity index (χ3n) is 3.45. The average Bonchev–Trinajstić information content (AvgIpc) is 2.39. The lowest BCUT2D eigenvalue weighted by Gasteiger charge is -2.38. The lowest BCUT2D eigenvalue weighted by atomic mass is 10.0. The second-order valence-electron chi connectivity index (χ2n) is 6.61. The van der Waals surface area contributed by atoms with Crippen LogP contribution in [0.15, 0.2) is 22.8 Å². The summed E-state index contributed by atoms with van der Waals surface area (Å²) in [6.45, 7) is 8.18. The Hall–Kier alpha value is -1.30. The Morgan fingerprint density at radius 2 is 2.14 bits per heavy atom. The molecule has 0 aliphatic carbocycles. The molecule has 1 aliphatic heterocycles. The number of rotatable bonds is 2. The minimum absolute atomic E-state index is 0.0643. The zero-order valence-corrected chi connectivity index (χ0v) is 15.1.